The van der Waals surface area contributed by atoms with Crippen molar-refractivity contribution in [2.24, 2.45) is 0 Å². The minimum absolute atomic E-state index is 0.0412. The van der Waals surface area contributed by atoms with Crippen molar-refractivity contribution < 1.29 is 5.11 Å². The van der Waals surface area contributed by atoms with Crippen molar-refractivity contribution >= 4 is 16.9 Å². The Kier molecular flexibility index (Phi) is 3.23. The Morgan fingerprint density at radius 2 is 2.18 bits per heavy atom. The van der Waals surface area contributed by atoms with Gasteiger partial charge in [0.1, 0.15) is 12.1 Å². The summed E-state index contributed by atoms with van der Waals surface area (Å²) in [6.07, 6.45) is 5.46. The quantitative estimate of drug-likeness (QED) is 0.769. The van der Waals surface area contributed by atoms with E-state index in [1.165, 1.54) is 11.1 Å². The van der Waals surface area contributed by atoms with Gasteiger partial charge in [0.2, 0.25) is 0 Å². The van der Waals surface area contributed by atoms with Gasteiger partial charge < -0.3 is 10.4 Å². The van der Waals surface area contributed by atoms with Crippen molar-refractivity contribution in [3.63, 3.8) is 0 Å². The van der Waals surface area contributed by atoms with Crippen LogP contribution in [-0.2, 0) is 13.0 Å². The molecule has 0 fully saturated rings. The molecule has 1 aromatic carbocycles. The van der Waals surface area contributed by atoms with E-state index >= 15 is 0 Å². The van der Waals surface area contributed by atoms with Crippen molar-refractivity contribution in [1.29, 1.82) is 0 Å². The van der Waals surface area contributed by atoms with E-state index in [9.17, 15) is 0 Å². The molecular formula is C16H17N5O. The van der Waals surface area contributed by atoms with Gasteiger partial charge in [-0.2, -0.15) is 5.10 Å². The Morgan fingerprint density at radius 1 is 1.27 bits per heavy atom. The van der Waals surface area contributed by atoms with Crippen LogP contribution in [0.25, 0.3) is 11.0 Å². The van der Waals surface area contributed by atoms with Gasteiger partial charge in [-0.1, -0.05) is 24.3 Å². The van der Waals surface area contributed by atoms with Crippen molar-refractivity contribution in [1.82, 2.24) is 19.7 Å². The standard InChI is InChI=1S/C16H17N5O/c22-8-7-21-16-13(9-19-21)15(17-10-18-16)20-14-6-5-11-3-1-2-4-12(11)14/h1-4,9-10,14,22H,5-8H2,(H,17,18,20). The monoisotopic (exact) mass is 295 g/mol. The molecule has 1 atom stereocenters. The van der Waals surface area contributed by atoms with Crippen molar-refractivity contribution in [3.8, 4) is 0 Å². The third-order valence-electron chi connectivity index (χ3n) is 4.19. The lowest BCUT2D eigenvalue weighted by atomic mass is 10.1. The molecule has 0 saturated carbocycles. The number of rotatable bonds is 4. The van der Waals surface area contributed by atoms with E-state index in [1.54, 1.807) is 17.2 Å². The van der Waals surface area contributed by atoms with Crippen molar-refractivity contribution in [2.45, 2.75) is 25.4 Å². The summed E-state index contributed by atoms with van der Waals surface area (Å²) in [5, 5.41) is 17.8. The Morgan fingerprint density at radius 3 is 3.09 bits per heavy atom. The van der Waals surface area contributed by atoms with Crippen LogP contribution < -0.4 is 5.32 Å². The summed E-state index contributed by atoms with van der Waals surface area (Å²) >= 11 is 0. The largest absolute Gasteiger partial charge is 0.394 e. The Balaban J connectivity index is 1.68. The minimum Gasteiger partial charge on any atom is -0.394 e. The fraction of sp³-hybridized carbons (Fsp3) is 0.312. The van der Waals surface area contributed by atoms with E-state index in [0.717, 1.165) is 29.7 Å². The molecule has 1 aliphatic carbocycles. The van der Waals surface area contributed by atoms with Gasteiger partial charge in [-0.3, -0.25) is 0 Å². The van der Waals surface area contributed by atoms with Crippen LogP contribution in [-0.4, -0.2) is 31.5 Å². The molecule has 1 aliphatic rings. The molecular weight excluding hydrogens is 278 g/mol. The fourth-order valence-electron chi connectivity index (χ4n) is 3.14. The van der Waals surface area contributed by atoms with Gasteiger partial charge in [-0.05, 0) is 24.0 Å². The van der Waals surface area contributed by atoms with Crippen LogP contribution in [0.2, 0.25) is 0 Å². The first kappa shape index (κ1) is 13.2. The highest BCUT2D eigenvalue weighted by molar-refractivity contribution is 5.86. The summed E-state index contributed by atoms with van der Waals surface area (Å²) in [5.74, 6) is 0.802. The summed E-state index contributed by atoms with van der Waals surface area (Å²) in [5.41, 5.74) is 3.50. The number of fused-ring (bicyclic) bond motifs is 2. The number of nitrogens with zero attached hydrogens (tertiary/aromatic N) is 4. The number of aliphatic hydroxyl groups excluding tert-OH is 1. The SMILES string of the molecule is OCCn1ncc2c(NC3CCc4ccccc43)ncnc21. The maximum absolute atomic E-state index is 9.09. The average molecular weight is 295 g/mol. The van der Waals surface area contributed by atoms with Crippen LogP contribution in [0, 0.1) is 0 Å². The Hall–Kier alpha value is -2.47. The fourth-order valence-corrected chi connectivity index (χ4v) is 3.14. The lowest BCUT2D eigenvalue weighted by Crippen LogP contribution is -2.09. The number of aromatic nitrogens is 4. The lowest BCUT2D eigenvalue weighted by Gasteiger charge is -2.15. The molecule has 2 aromatic heterocycles. The molecule has 0 radical (unpaired) electrons. The van der Waals surface area contributed by atoms with Crippen LogP contribution >= 0.6 is 0 Å². The molecule has 0 amide bonds. The molecule has 6 heteroatoms. The number of aliphatic hydroxyl groups is 1. The Labute approximate surface area is 127 Å². The number of nitrogens with one attached hydrogen (secondary N) is 1. The summed E-state index contributed by atoms with van der Waals surface area (Å²) in [4.78, 5) is 8.66. The number of aryl methyl sites for hydroxylation is 1. The summed E-state index contributed by atoms with van der Waals surface area (Å²) < 4.78 is 1.70. The third kappa shape index (κ3) is 2.12. The second kappa shape index (κ2) is 5.38. The summed E-state index contributed by atoms with van der Waals surface area (Å²) in [6, 6.07) is 8.80. The third-order valence-corrected chi connectivity index (χ3v) is 4.19. The zero-order valence-electron chi connectivity index (χ0n) is 12.1. The maximum atomic E-state index is 9.09. The van der Waals surface area contributed by atoms with E-state index in [4.69, 9.17) is 5.11 Å². The first-order valence-electron chi connectivity index (χ1n) is 7.48. The first-order chi connectivity index (χ1) is 10.9. The van der Waals surface area contributed by atoms with Gasteiger partial charge in [-0.15, -0.1) is 0 Å². The highest BCUT2D eigenvalue weighted by atomic mass is 16.3. The van der Waals surface area contributed by atoms with Crippen LogP contribution in [0.4, 0.5) is 5.82 Å². The molecule has 0 saturated heterocycles. The second-order valence-corrected chi connectivity index (χ2v) is 5.49. The first-order valence-corrected chi connectivity index (χ1v) is 7.48. The number of hydrogen-bond acceptors (Lipinski definition) is 5. The molecule has 4 rings (SSSR count). The molecule has 2 N–H and O–H groups in total. The smallest absolute Gasteiger partial charge is 0.163 e. The van der Waals surface area contributed by atoms with Gasteiger partial charge in [0.25, 0.3) is 0 Å². The molecule has 0 aliphatic heterocycles. The summed E-state index contributed by atoms with van der Waals surface area (Å²) in [6.45, 7) is 0.478. The van der Waals surface area contributed by atoms with E-state index in [2.05, 4.69) is 44.6 Å². The topological polar surface area (TPSA) is 75.9 Å². The molecule has 2 heterocycles. The van der Waals surface area contributed by atoms with Gasteiger partial charge in [-0.25, -0.2) is 14.6 Å². The number of anilines is 1. The van der Waals surface area contributed by atoms with Gasteiger partial charge >= 0.3 is 0 Å². The molecule has 3 aromatic rings. The second-order valence-electron chi connectivity index (χ2n) is 5.49. The lowest BCUT2D eigenvalue weighted by molar-refractivity contribution is 0.271. The molecule has 0 spiro atoms. The van der Waals surface area contributed by atoms with Gasteiger partial charge in [0, 0.05) is 0 Å². The van der Waals surface area contributed by atoms with Gasteiger partial charge in [0.15, 0.2) is 5.65 Å². The number of benzene rings is 1. The zero-order valence-corrected chi connectivity index (χ0v) is 12.1. The predicted molar refractivity (Wildman–Crippen MR) is 83.5 cm³/mol. The van der Waals surface area contributed by atoms with E-state index in [0.29, 0.717) is 6.54 Å². The molecule has 1 unspecified atom stereocenters. The van der Waals surface area contributed by atoms with E-state index in [-0.39, 0.29) is 12.6 Å². The molecule has 0 bridgehead atoms. The Bertz CT molecular complexity index is 813. The van der Waals surface area contributed by atoms with E-state index in [1.807, 2.05) is 0 Å². The minimum atomic E-state index is 0.0412. The average Bonchev–Trinajstić information content (AvgIpc) is 3.14. The highest BCUT2D eigenvalue weighted by Gasteiger charge is 2.23. The zero-order chi connectivity index (χ0) is 14.9. The highest BCUT2D eigenvalue weighted by Crippen LogP contribution is 2.34. The maximum Gasteiger partial charge on any atom is 0.163 e. The van der Waals surface area contributed by atoms with Gasteiger partial charge in [0.05, 0.1) is 30.8 Å². The van der Waals surface area contributed by atoms with E-state index < -0.39 is 0 Å². The van der Waals surface area contributed by atoms with Crippen LogP contribution in [0.15, 0.2) is 36.8 Å². The normalized spacial score (nSPS) is 16.9. The van der Waals surface area contributed by atoms with Crippen LogP contribution in [0.5, 0.6) is 0 Å². The molecule has 112 valence electrons. The summed E-state index contributed by atoms with van der Waals surface area (Å²) in [7, 11) is 0. The van der Waals surface area contributed by atoms with Crippen molar-refractivity contribution in [2.75, 3.05) is 11.9 Å². The van der Waals surface area contributed by atoms with Crippen LogP contribution in [0.3, 0.4) is 0 Å². The molecule has 22 heavy (non-hydrogen) atoms. The predicted octanol–water partition coefficient (Wildman–Crippen LogP) is 1.92. The van der Waals surface area contributed by atoms with Crippen molar-refractivity contribution in [3.05, 3.63) is 47.9 Å². The molecule has 6 nitrogen and oxygen atoms in total. The number of hydrogen-bond donors (Lipinski definition) is 2. The van der Waals surface area contributed by atoms with Crippen LogP contribution in [0.1, 0.15) is 23.6 Å².